The zero-order valence-electron chi connectivity index (χ0n) is 11.8. The van der Waals surface area contributed by atoms with Gasteiger partial charge in [-0.15, -0.1) is 0 Å². The molecule has 0 bridgehead atoms. The predicted molar refractivity (Wildman–Crippen MR) is 76.1 cm³/mol. The average molecular weight is 290 g/mol. The van der Waals surface area contributed by atoms with Crippen molar-refractivity contribution in [3.8, 4) is 5.75 Å². The van der Waals surface area contributed by atoms with Gasteiger partial charge >= 0.3 is 0 Å². The lowest BCUT2D eigenvalue weighted by atomic mass is 10.1. The highest BCUT2D eigenvalue weighted by Crippen LogP contribution is 2.30. The van der Waals surface area contributed by atoms with E-state index in [-0.39, 0.29) is 30.6 Å². The molecule has 0 saturated carbocycles. The highest BCUT2D eigenvalue weighted by atomic mass is 16.5. The largest absolute Gasteiger partial charge is 0.482 e. The van der Waals surface area contributed by atoms with Gasteiger partial charge < -0.3 is 20.1 Å². The van der Waals surface area contributed by atoms with Gasteiger partial charge in [0.2, 0.25) is 5.91 Å². The van der Waals surface area contributed by atoms with E-state index < -0.39 is 0 Å². The van der Waals surface area contributed by atoms with Crippen molar-refractivity contribution in [2.75, 3.05) is 18.5 Å². The number of benzene rings is 1. The van der Waals surface area contributed by atoms with Crippen molar-refractivity contribution in [1.29, 1.82) is 0 Å². The Labute approximate surface area is 122 Å². The predicted octanol–water partition coefficient (Wildman–Crippen LogP) is 1.37. The van der Waals surface area contributed by atoms with Gasteiger partial charge in [-0.25, -0.2) is 0 Å². The number of ether oxygens (including phenoxy) is 2. The molecule has 2 aliphatic heterocycles. The summed E-state index contributed by atoms with van der Waals surface area (Å²) in [6.45, 7) is 2.59. The molecule has 1 fully saturated rings. The Kier molecular flexibility index (Phi) is 3.79. The van der Waals surface area contributed by atoms with Crippen LogP contribution in [0.2, 0.25) is 0 Å². The van der Waals surface area contributed by atoms with Crippen LogP contribution < -0.4 is 15.4 Å². The molecule has 1 saturated heterocycles. The molecule has 6 nitrogen and oxygen atoms in total. The maximum absolute atomic E-state index is 12.0. The number of amides is 2. The molecule has 2 amide bonds. The Morgan fingerprint density at radius 3 is 3.10 bits per heavy atom. The second-order valence-corrected chi connectivity index (χ2v) is 5.32. The van der Waals surface area contributed by atoms with Crippen molar-refractivity contribution in [2.45, 2.75) is 31.9 Å². The number of anilines is 1. The van der Waals surface area contributed by atoms with Gasteiger partial charge in [0.1, 0.15) is 11.9 Å². The van der Waals surface area contributed by atoms with E-state index in [0.717, 1.165) is 18.4 Å². The highest BCUT2D eigenvalue weighted by molar-refractivity contribution is 5.95. The molecule has 2 aliphatic rings. The fourth-order valence-corrected chi connectivity index (χ4v) is 2.54. The van der Waals surface area contributed by atoms with E-state index in [4.69, 9.17) is 9.47 Å². The third-order valence-electron chi connectivity index (χ3n) is 3.72. The van der Waals surface area contributed by atoms with E-state index in [1.54, 1.807) is 6.07 Å². The first-order valence-electron chi connectivity index (χ1n) is 7.12. The van der Waals surface area contributed by atoms with E-state index in [1.807, 2.05) is 19.1 Å². The smallest absolute Gasteiger partial charge is 0.262 e. The molecule has 21 heavy (non-hydrogen) atoms. The molecule has 2 N–H and O–H groups in total. The minimum Gasteiger partial charge on any atom is -0.482 e. The lowest BCUT2D eigenvalue weighted by Crippen LogP contribution is -2.35. The summed E-state index contributed by atoms with van der Waals surface area (Å²) < 4.78 is 10.7. The molecular weight excluding hydrogens is 272 g/mol. The minimum atomic E-state index is -0.340. The van der Waals surface area contributed by atoms with E-state index in [0.29, 0.717) is 18.0 Å². The lowest BCUT2D eigenvalue weighted by Gasteiger charge is -2.21. The molecule has 2 atom stereocenters. The van der Waals surface area contributed by atoms with Crippen LogP contribution in [0.3, 0.4) is 0 Å². The van der Waals surface area contributed by atoms with Crippen LogP contribution >= 0.6 is 0 Å². The van der Waals surface area contributed by atoms with E-state index in [9.17, 15) is 9.59 Å². The third kappa shape index (κ3) is 3.00. The SMILES string of the molecule is CC(NC(=O)C1CCCO1)c1ccc2c(c1)NC(=O)CO2. The number of fused-ring (bicyclic) bond motifs is 1. The van der Waals surface area contributed by atoms with Gasteiger partial charge in [-0.05, 0) is 37.5 Å². The Bertz CT molecular complexity index is 567. The van der Waals surface area contributed by atoms with Crippen LogP contribution in [0.4, 0.5) is 5.69 Å². The molecule has 2 heterocycles. The van der Waals surface area contributed by atoms with Crippen molar-refractivity contribution in [3.63, 3.8) is 0 Å². The third-order valence-corrected chi connectivity index (χ3v) is 3.72. The van der Waals surface area contributed by atoms with Crippen molar-refractivity contribution in [2.24, 2.45) is 0 Å². The van der Waals surface area contributed by atoms with Crippen LogP contribution in [0.15, 0.2) is 18.2 Å². The Balaban J connectivity index is 1.69. The van der Waals surface area contributed by atoms with Gasteiger partial charge in [-0.1, -0.05) is 6.07 Å². The molecular formula is C15H18N2O4. The van der Waals surface area contributed by atoms with E-state index >= 15 is 0 Å². The van der Waals surface area contributed by atoms with Gasteiger partial charge in [-0.2, -0.15) is 0 Å². The Hall–Kier alpha value is -2.08. The van der Waals surface area contributed by atoms with Crippen molar-refractivity contribution < 1.29 is 19.1 Å². The van der Waals surface area contributed by atoms with Crippen LogP contribution in [-0.4, -0.2) is 31.1 Å². The van der Waals surface area contributed by atoms with Gasteiger partial charge in [-0.3, -0.25) is 9.59 Å². The lowest BCUT2D eigenvalue weighted by molar-refractivity contribution is -0.130. The zero-order valence-corrected chi connectivity index (χ0v) is 11.8. The number of rotatable bonds is 3. The first-order valence-corrected chi connectivity index (χ1v) is 7.12. The maximum atomic E-state index is 12.0. The number of carbonyl (C=O) groups is 2. The number of carbonyl (C=O) groups excluding carboxylic acids is 2. The fraction of sp³-hybridized carbons (Fsp3) is 0.467. The van der Waals surface area contributed by atoms with Crippen molar-refractivity contribution in [3.05, 3.63) is 23.8 Å². The summed E-state index contributed by atoms with van der Waals surface area (Å²) in [6, 6.07) is 5.36. The van der Waals surface area contributed by atoms with E-state index in [1.165, 1.54) is 0 Å². The molecule has 1 aromatic rings. The van der Waals surface area contributed by atoms with Crippen LogP contribution in [0.1, 0.15) is 31.4 Å². The molecule has 112 valence electrons. The number of nitrogens with one attached hydrogen (secondary N) is 2. The van der Waals surface area contributed by atoms with Crippen LogP contribution in [-0.2, 0) is 14.3 Å². The summed E-state index contributed by atoms with van der Waals surface area (Å²) in [5, 5.41) is 5.70. The zero-order chi connectivity index (χ0) is 14.8. The summed E-state index contributed by atoms with van der Waals surface area (Å²) in [4.78, 5) is 23.4. The van der Waals surface area contributed by atoms with Gasteiger partial charge in [0.15, 0.2) is 6.61 Å². The van der Waals surface area contributed by atoms with Gasteiger partial charge in [0, 0.05) is 6.61 Å². The molecule has 0 aromatic heterocycles. The summed E-state index contributed by atoms with van der Waals surface area (Å²) in [7, 11) is 0. The van der Waals surface area contributed by atoms with Crippen molar-refractivity contribution in [1.82, 2.24) is 5.32 Å². The van der Waals surface area contributed by atoms with Crippen LogP contribution in [0, 0.1) is 0 Å². The standard InChI is InChI=1S/C15H18N2O4/c1-9(16-15(19)13-3-2-6-20-13)10-4-5-12-11(7-10)17-14(18)8-21-12/h4-5,7,9,13H,2-3,6,8H2,1H3,(H,16,19)(H,17,18). The molecule has 0 radical (unpaired) electrons. The molecule has 1 aromatic carbocycles. The maximum Gasteiger partial charge on any atom is 0.262 e. The van der Waals surface area contributed by atoms with E-state index in [2.05, 4.69) is 10.6 Å². The molecule has 0 aliphatic carbocycles. The Morgan fingerprint density at radius 1 is 1.48 bits per heavy atom. The quantitative estimate of drug-likeness (QED) is 0.881. The minimum absolute atomic E-state index is 0.0393. The molecule has 6 heteroatoms. The summed E-state index contributed by atoms with van der Waals surface area (Å²) in [6.07, 6.45) is 1.36. The molecule has 2 unspecified atom stereocenters. The number of hydrogen-bond donors (Lipinski definition) is 2. The van der Waals surface area contributed by atoms with Crippen molar-refractivity contribution >= 4 is 17.5 Å². The highest BCUT2D eigenvalue weighted by Gasteiger charge is 2.25. The van der Waals surface area contributed by atoms with Gasteiger partial charge in [0.05, 0.1) is 11.7 Å². The average Bonchev–Trinajstić information content (AvgIpc) is 3.00. The monoisotopic (exact) mass is 290 g/mol. The number of hydrogen-bond acceptors (Lipinski definition) is 4. The Morgan fingerprint density at radius 2 is 2.33 bits per heavy atom. The molecule has 0 spiro atoms. The fourth-order valence-electron chi connectivity index (χ4n) is 2.54. The molecule has 3 rings (SSSR count). The topological polar surface area (TPSA) is 76.7 Å². The normalized spacial score (nSPS) is 22.0. The summed E-state index contributed by atoms with van der Waals surface area (Å²) >= 11 is 0. The summed E-state index contributed by atoms with van der Waals surface area (Å²) in [5.41, 5.74) is 1.55. The second-order valence-electron chi connectivity index (χ2n) is 5.32. The first kappa shape index (κ1) is 13.9. The van der Waals surface area contributed by atoms with Crippen LogP contribution in [0.25, 0.3) is 0 Å². The first-order chi connectivity index (χ1) is 10.1. The second kappa shape index (κ2) is 5.73. The van der Waals surface area contributed by atoms with Crippen LogP contribution in [0.5, 0.6) is 5.75 Å². The summed E-state index contributed by atoms with van der Waals surface area (Å²) in [5.74, 6) is 0.393. The van der Waals surface area contributed by atoms with Gasteiger partial charge in [0.25, 0.3) is 5.91 Å².